The van der Waals surface area contributed by atoms with Gasteiger partial charge in [-0.1, -0.05) is 24.3 Å². The molecule has 4 nitrogen and oxygen atoms in total. The van der Waals surface area contributed by atoms with Crippen molar-refractivity contribution >= 4 is 6.03 Å². The zero-order valence-corrected chi connectivity index (χ0v) is 13.4. The van der Waals surface area contributed by atoms with Crippen LogP contribution in [-0.4, -0.2) is 19.2 Å². The lowest BCUT2D eigenvalue weighted by Crippen LogP contribution is -2.37. The molecule has 2 aromatic carbocycles. The molecule has 0 aliphatic carbocycles. The fourth-order valence-electron chi connectivity index (χ4n) is 2.05. The molecule has 0 saturated carbocycles. The second-order valence-electron chi connectivity index (χ2n) is 5.28. The average molecular weight is 316 g/mol. The molecule has 122 valence electrons. The maximum Gasteiger partial charge on any atom is 0.315 e. The van der Waals surface area contributed by atoms with Crippen molar-refractivity contribution in [3.63, 3.8) is 0 Å². The van der Waals surface area contributed by atoms with E-state index in [0.717, 1.165) is 16.9 Å². The fourth-order valence-corrected chi connectivity index (χ4v) is 2.05. The number of benzene rings is 2. The first-order valence-corrected chi connectivity index (χ1v) is 7.51. The third-order valence-corrected chi connectivity index (χ3v) is 3.57. The summed E-state index contributed by atoms with van der Waals surface area (Å²) in [5.74, 6) is 0.542. The Morgan fingerprint density at radius 3 is 2.57 bits per heavy atom. The first-order valence-electron chi connectivity index (χ1n) is 7.51. The monoisotopic (exact) mass is 316 g/mol. The fraction of sp³-hybridized carbons (Fsp3) is 0.278. The van der Waals surface area contributed by atoms with Crippen molar-refractivity contribution in [3.8, 4) is 5.75 Å². The van der Waals surface area contributed by atoms with E-state index in [2.05, 4.69) is 10.6 Å². The van der Waals surface area contributed by atoms with Crippen molar-refractivity contribution in [1.29, 1.82) is 0 Å². The summed E-state index contributed by atoms with van der Waals surface area (Å²) in [6, 6.07) is 11.6. The Morgan fingerprint density at radius 2 is 1.83 bits per heavy atom. The second-order valence-corrected chi connectivity index (χ2v) is 5.28. The summed E-state index contributed by atoms with van der Waals surface area (Å²) in [4.78, 5) is 11.7. The molecule has 5 heteroatoms. The van der Waals surface area contributed by atoms with E-state index >= 15 is 0 Å². The number of amides is 2. The van der Waals surface area contributed by atoms with Crippen LogP contribution in [0.25, 0.3) is 0 Å². The van der Waals surface area contributed by atoms with Crippen LogP contribution >= 0.6 is 0 Å². The molecule has 0 spiro atoms. The largest absolute Gasteiger partial charge is 0.491 e. The Morgan fingerprint density at radius 1 is 1.09 bits per heavy atom. The molecule has 0 aromatic heterocycles. The molecule has 0 aliphatic heterocycles. The summed E-state index contributed by atoms with van der Waals surface area (Å²) in [6.07, 6.45) is 0. The number of ether oxygens (including phenoxy) is 1. The van der Waals surface area contributed by atoms with Crippen LogP contribution in [0.1, 0.15) is 16.7 Å². The molecular weight excluding hydrogens is 295 g/mol. The number of hydrogen-bond donors (Lipinski definition) is 2. The lowest BCUT2D eigenvalue weighted by Gasteiger charge is -2.12. The van der Waals surface area contributed by atoms with E-state index in [-0.39, 0.29) is 11.8 Å². The SMILES string of the molecule is Cc1cccc(OCCNC(=O)NCc2ccc(F)cc2)c1C. The van der Waals surface area contributed by atoms with E-state index in [1.165, 1.54) is 17.7 Å². The first kappa shape index (κ1) is 16.8. The molecule has 0 radical (unpaired) electrons. The first-order chi connectivity index (χ1) is 11.1. The van der Waals surface area contributed by atoms with Crippen LogP contribution in [0.15, 0.2) is 42.5 Å². The Balaban J connectivity index is 1.67. The Bertz CT molecular complexity index is 657. The third kappa shape index (κ3) is 5.29. The van der Waals surface area contributed by atoms with Gasteiger partial charge in [0.05, 0.1) is 6.54 Å². The van der Waals surface area contributed by atoms with Crippen molar-refractivity contribution in [3.05, 3.63) is 65.0 Å². The zero-order valence-electron chi connectivity index (χ0n) is 13.4. The average Bonchev–Trinajstić information content (AvgIpc) is 2.55. The van der Waals surface area contributed by atoms with Crippen LogP contribution in [-0.2, 0) is 6.54 Å². The number of nitrogens with one attached hydrogen (secondary N) is 2. The molecule has 23 heavy (non-hydrogen) atoms. The van der Waals surface area contributed by atoms with Gasteiger partial charge in [-0.15, -0.1) is 0 Å². The number of urea groups is 1. The quantitative estimate of drug-likeness (QED) is 0.803. The van der Waals surface area contributed by atoms with Gasteiger partial charge in [-0.05, 0) is 48.7 Å². The summed E-state index contributed by atoms with van der Waals surface area (Å²) in [5, 5.41) is 5.43. The second kappa shape index (κ2) is 8.17. The van der Waals surface area contributed by atoms with Crippen molar-refractivity contribution in [2.75, 3.05) is 13.2 Å². The molecule has 0 atom stereocenters. The predicted octanol–water partition coefficient (Wildman–Crippen LogP) is 3.32. The van der Waals surface area contributed by atoms with Crippen molar-refractivity contribution in [2.45, 2.75) is 20.4 Å². The van der Waals surface area contributed by atoms with Gasteiger partial charge < -0.3 is 15.4 Å². The minimum absolute atomic E-state index is 0.279. The topological polar surface area (TPSA) is 50.4 Å². The molecule has 0 bridgehead atoms. The highest BCUT2D eigenvalue weighted by Crippen LogP contribution is 2.20. The molecule has 2 rings (SSSR count). The Hall–Kier alpha value is -2.56. The van der Waals surface area contributed by atoms with Gasteiger partial charge in [-0.25, -0.2) is 9.18 Å². The number of carbonyl (C=O) groups is 1. The van der Waals surface area contributed by atoms with Crippen molar-refractivity contribution in [2.24, 2.45) is 0 Å². The van der Waals surface area contributed by atoms with Crippen LogP contribution in [0.5, 0.6) is 5.75 Å². The summed E-state index contributed by atoms with van der Waals surface area (Å²) in [7, 11) is 0. The lowest BCUT2D eigenvalue weighted by atomic mass is 10.1. The van der Waals surface area contributed by atoms with Crippen LogP contribution in [0, 0.1) is 19.7 Å². The van der Waals surface area contributed by atoms with E-state index in [4.69, 9.17) is 4.74 Å². The van der Waals surface area contributed by atoms with Gasteiger partial charge in [0.2, 0.25) is 0 Å². The van der Waals surface area contributed by atoms with Crippen LogP contribution in [0.2, 0.25) is 0 Å². The third-order valence-electron chi connectivity index (χ3n) is 3.57. The minimum atomic E-state index is -0.290. The minimum Gasteiger partial charge on any atom is -0.491 e. The van der Waals surface area contributed by atoms with E-state index in [1.807, 2.05) is 32.0 Å². The molecule has 2 amide bonds. The predicted molar refractivity (Wildman–Crippen MR) is 88.0 cm³/mol. The summed E-state index contributed by atoms with van der Waals surface area (Å²) in [6.45, 7) is 5.19. The Labute approximate surface area is 135 Å². The number of hydrogen-bond acceptors (Lipinski definition) is 2. The molecule has 0 unspecified atom stereocenters. The smallest absolute Gasteiger partial charge is 0.315 e. The number of rotatable bonds is 6. The van der Waals surface area contributed by atoms with Gasteiger partial charge >= 0.3 is 6.03 Å². The molecule has 0 saturated heterocycles. The van der Waals surface area contributed by atoms with Gasteiger partial charge in [-0.2, -0.15) is 0 Å². The number of aryl methyl sites for hydroxylation is 1. The number of halogens is 1. The van der Waals surface area contributed by atoms with Gasteiger partial charge in [0.15, 0.2) is 0 Å². The molecule has 0 heterocycles. The van der Waals surface area contributed by atoms with E-state index in [1.54, 1.807) is 12.1 Å². The van der Waals surface area contributed by atoms with Crippen molar-refractivity contribution in [1.82, 2.24) is 10.6 Å². The molecule has 0 fully saturated rings. The summed E-state index contributed by atoms with van der Waals surface area (Å²) >= 11 is 0. The van der Waals surface area contributed by atoms with Gasteiger partial charge in [0.1, 0.15) is 18.2 Å². The normalized spacial score (nSPS) is 10.2. The summed E-state index contributed by atoms with van der Waals surface area (Å²) < 4.78 is 18.4. The van der Waals surface area contributed by atoms with Crippen molar-refractivity contribution < 1.29 is 13.9 Å². The highest BCUT2D eigenvalue weighted by molar-refractivity contribution is 5.73. The molecule has 0 aliphatic rings. The molecular formula is C18H21FN2O2. The van der Waals surface area contributed by atoms with Crippen LogP contribution in [0.3, 0.4) is 0 Å². The van der Waals surface area contributed by atoms with E-state index < -0.39 is 0 Å². The number of carbonyl (C=O) groups excluding carboxylic acids is 1. The van der Waals surface area contributed by atoms with Crippen LogP contribution in [0.4, 0.5) is 9.18 Å². The van der Waals surface area contributed by atoms with E-state index in [0.29, 0.717) is 19.7 Å². The molecule has 2 aromatic rings. The highest BCUT2D eigenvalue weighted by atomic mass is 19.1. The van der Waals surface area contributed by atoms with Crippen LogP contribution < -0.4 is 15.4 Å². The van der Waals surface area contributed by atoms with Gasteiger partial charge in [-0.3, -0.25) is 0 Å². The maximum absolute atomic E-state index is 12.8. The zero-order chi connectivity index (χ0) is 16.7. The van der Waals surface area contributed by atoms with Gasteiger partial charge in [0.25, 0.3) is 0 Å². The highest BCUT2D eigenvalue weighted by Gasteiger charge is 2.03. The summed E-state index contributed by atoms with van der Waals surface area (Å²) in [5.41, 5.74) is 3.12. The molecule has 2 N–H and O–H groups in total. The maximum atomic E-state index is 12.8. The van der Waals surface area contributed by atoms with Gasteiger partial charge in [0, 0.05) is 6.54 Å². The van der Waals surface area contributed by atoms with E-state index in [9.17, 15) is 9.18 Å². The standard InChI is InChI=1S/C18H21FN2O2/c1-13-4-3-5-17(14(13)2)23-11-10-20-18(22)21-12-15-6-8-16(19)9-7-15/h3-9H,10-12H2,1-2H3,(H2,20,21,22). The Kier molecular flexibility index (Phi) is 5.97. The lowest BCUT2D eigenvalue weighted by molar-refractivity contribution is 0.236.